The third-order valence-corrected chi connectivity index (χ3v) is 3.68. The molecule has 2 aromatic rings. The molecule has 4 nitrogen and oxygen atoms in total. The van der Waals surface area contributed by atoms with Gasteiger partial charge in [-0.3, -0.25) is 0 Å². The number of benzene rings is 1. The Hall–Kier alpha value is -1.49. The van der Waals surface area contributed by atoms with Gasteiger partial charge in [-0.1, -0.05) is 18.3 Å². The molecule has 0 aliphatic rings. The predicted molar refractivity (Wildman–Crippen MR) is 89.9 cm³/mol. The molecule has 0 bridgehead atoms. The summed E-state index contributed by atoms with van der Waals surface area (Å²) in [6.07, 6.45) is 1.30. The summed E-state index contributed by atoms with van der Waals surface area (Å²) in [6, 6.07) is 4.00. The first kappa shape index (κ1) is 15.9. The number of aromatic nitrogens is 1. The fourth-order valence-corrected chi connectivity index (χ4v) is 2.84. The Labute approximate surface area is 130 Å². The van der Waals surface area contributed by atoms with Crippen molar-refractivity contribution in [1.82, 2.24) is 4.98 Å². The lowest BCUT2D eigenvalue weighted by Gasteiger charge is -2.16. The maximum atomic E-state index is 5.88. The minimum Gasteiger partial charge on any atom is -0.487 e. The van der Waals surface area contributed by atoms with Gasteiger partial charge in [-0.15, -0.1) is 0 Å². The Bertz CT molecular complexity index is 546. The number of hydrogen-bond acceptors (Lipinski definition) is 5. The van der Waals surface area contributed by atoms with Crippen molar-refractivity contribution in [3.8, 4) is 11.5 Å². The van der Waals surface area contributed by atoms with Gasteiger partial charge in [0.2, 0.25) is 0 Å². The van der Waals surface area contributed by atoms with Crippen molar-refractivity contribution >= 4 is 26.7 Å². The van der Waals surface area contributed by atoms with Crippen LogP contribution in [0.5, 0.6) is 11.5 Å². The molecule has 1 N–H and O–H groups in total. The van der Waals surface area contributed by atoms with Crippen molar-refractivity contribution in [1.29, 1.82) is 0 Å². The Morgan fingerprint density at radius 2 is 1.71 bits per heavy atom. The van der Waals surface area contributed by atoms with Crippen molar-refractivity contribution in [3.05, 3.63) is 12.1 Å². The van der Waals surface area contributed by atoms with Gasteiger partial charge in [-0.05, 0) is 34.1 Å². The van der Waals surface area contributed by atoms with Crippen molar-refractivity contribution in [3.63, 3.8) is 0 Å². The zero-order valence-corrected chi connectivity index (χ0v) is 14.2. The van der Waals surface area contributed by atoms with Crippen molar-refractivity contribution < 1.29 is 9.47 Å². The zero-order chi connectivity index (χ0) is 15.4. The Morgan fingerprint density at radius 1 is 1.10 bits per heavy atom. The molecule has 116 valence electrons. The molecule has 1 heterocycles. The smallest absolute Gasteiger partial charge is 0.183 e. The number of fused-ring (bicyclic) bond motifs is 1. The van der Waals surface area contributed by atoms with E-state index in [4.69, 9.17) is 9.47 Å². The van der Waals surface area contributed by atoms with E-state index in [2.05, 4.69) is 17.2 Å². The van der Waals surface area contributed by atoms with Crippen LogP contribution in [0.25, 0.3) is 10.2 Å². The van der Waals surface area contributed by atoms with E-state index in [0.29, 0.717) is 0 Å². The van der Waals surface area contributed by atoms with E-state index in [0.717, 1.165) is 39.8 Å². The standard InChI is InChI=1S/C16H24N2O2S/c1-6-7-17-16-18-12-8-13(19-10(2)3)14(20-11(4)5)9-15(12)21-16/h8-11H,6-7H2,1-5H3,(H,17,18). The Morgan fingerprint density at radius 3 is 2.29 bits per heavy atom. The van der Waals surface area contributed by atoms with E-state index in [1.807, 2.05) is 39.8 Å². The Balaban J connectivity index is 2.37. The lowest BCUT2D eigenvalue weighted by Crippen LogP contribution is -2.10. The van der Waals surface area contributed by atoms with E-state index >= 15 is 0 Å². The highest BCUT2D eigenvalue weighted by atomic mass is 32.1. The topological polar surface area (TPSA) is 43.4 Å². The maximum absolute atomic E-state index is 5.88. The maximum Gasteiger partial charge on any atom is 0.183 e. The summed E-state index contributed by atoms with van der Waals surface area (Å²) >= 11 is 1.65. The van der Waals surface area contributed by atoms with Crippen LogP contribution >= 0.6 is 11.3 Å². The Kier molecular flexibility index (Phi) is 5.28. The molecule has 1 aromatic carbocycles. The largest absolute Gasteiger partial charge is 0.487 e. The zero-order valence-electron chi connectivity index (χ0n) is 13.4. The fourth-order valence-electron chi connectivity index (χ4n) is 1.94. The lowest BCUT2D eigenvalue weighted by molar-refractivity contribution is 0.199. The molecule has 21 heavy (non-hydrogen) atoms. The van der Waals surface area contributed by atoms with Gasteiger partial charge in [0.25, 0.3) is 0 Å². The molecule has 5 heteroatoms. The number of ether oxygens (including phenoxy) is 2. The number of nitrogens with one attached hydrogen (secondary N) is 1. The highest BCUT2D eigenvalue weighted by Crippen LogP contribution is 2.37. The van der Waals surface area contributed by atoms with E-state index in [1.54, 1.807) is 11.3 Å². The monoisotopic (exact) mass is 308 g/mol. The first-order valence-electron chi connectivity index (χ1n) is 7.51. The highest BCUT2D eigenvalue weighted by molar-refractivity contribution is 7.22. The van der Waals surface area contributed by atoms with Gasteiger partial charge >= 0.3 is 0 Å². The molecular weight excluding hydrogens is 284 g/mol. The van der Waals surface area contributed by atoms with Crippen molar-refractivity contribution in [2.45, 2.75) is 53.2 Å². The van der Waals surface area contributed by atoms with Gasteiger partial charge in [-0.2, -0.15) is 0 Å². The van der Waals surface area contributed by atoms with Crippen LogP contribution in [-0.4, -0.2) is 23.7 Å². The van der Waals surface area contributed by atoms with Gasteiger partial charge in [0.15, 0.2) is 16.6 Å². The number of anilines is 1. The van der Waals surface area contributed by atoms with Gasteiger partial charge in [0.05, 0.1) is 22.4 Å². The average Bonchev–Trinajstić information content (AvgIpc) is 2.77. The summed E-state index contributed by atoms with van der Waals surface area (Å²) in [4.78, 5) is 4.61. The number of nitrogens with zero attached hydrogens (tertiary/aromatic N) is 1. The summed E-state index contributed by atoms with van der Waals surface area (Å²) in [7, 11) is 0. The first-order chi connectivity index (χ1) is 9.99. The molecular formula is C16H24N2O2S. The van der Waals surface area contributed by atoms with Crippen molar-refractivity contribution in [2.24, 2.45) is 0 Å². The van der Waals surface area contributed by atoms with E-state index in [9.17, 15) is 0 Å². The van der Waals surface area contributed by atoms with Crippen LogP contribution in [0.1, 0.15) is 41.0 Å². The van der Waals surface area contributed by atoms with Crippen LogP contribution in [0.4, 0.5) is 5.13 Å². The lowest BCUT2D eigenvalue weighted by atomic mass is 10.3. The molecule has 0 saturated carbocycles. The number of thiazole rings is 1. The average molecular weight is 308 g/mol. The molecule has 2 rings (SSSR count). The molecule has 0 fully saturated rings. The summed E-state index contributed by atoms with van der Waals surface area (Å²) in [5.41, 5.74) is 0.949. The summed E-state index contributed by atoms with van der Waals surface area (Å²) < 4.78 is 12.9. The fraction of sp³-hybridized carbons (Fsp3) is 0.562. The molecule has 0 unspecified atom stereocenters. The molecule has 0 spiro atoms. The number of hydrogen-bond donors (Lipinski definition) is 1. The van der Waals surface area contributed by atoms with E-state index in [1.165, 1.54) is 0 Å². The van der Waals surface area contributed by atoms with E-state index < -0.39 is 0 Å². The van der Waals surface area contributed by atoms with Gasteiger partial charge in [-0.25, -0.2) is 4.98 Å². The highest BCUT2D eigenvalue weighted by Gasteiger charge is 2.14. The second kappa shape index (κ2) is 6.98. The molecule has 0 saturated heterocycles. The summed E-state index contributed by atoms with van der Waals surface area (Å²) in [5.74, 6) is 1.55. The predicted octanol–water partition coefficient (Wildman–Crippen LogP) is 4.69. The van der Waals surface area contributed by atoms with Crippen LogP contribution in [0.2, 0.25) is 0 Å². The minimum atomic E-state index is 0.105. The van der Waals surface area contributed by atoms with Crippen LogP contribution in [-0.2, 0) is 0 Å². The molecule has 0 aliphatic heterocycles. The molecule has 0 amide bonds. The van der Waals surface area contributed by atoms with Crippen molar-refractivity contribution in [2.75, 3.05) is 11.9 Å². The third-order valence-electron chi connectivity index (χ3n) is 2.71. The third kappa shape index (κ3) is 4.24. The van der Waals surface area contributed by atoms with Gasteiger partial charge in [0.1, 0.15) is 0 Å². The summed E-state index contributed by atoms with van der Waals surface area (Å²) in [5, 5.41) is 4.28. The van der Waals surface area contributed by atoms with Gasteiger partial charge < -0.3 is 14.8 Å². The minimum absolute atomic E-state index is 0.105. The first-order valence-corrected chi connectivity index (χ1v) is 8.33. The second-order valence-corrected chi connectivity index (χ2v) is 6.58. The molecule has 0 aliphatic carbocycles. The summed E-state index contributed by atoms with van der Waals surface area (Å²) in [6.45, 7) is 11.1. The normalized spacial score (nSPS) is 11.4. The number of rotatable bonds is 7. The SMILES string of the molecule is CCCNc1nc2cc(OC(C)C)c(OC(C)C)cc2s1. The van der Waals surface area contributed by atoms with Gasteiger partial charge in [0, 0.05) is 18.7 Å². The van der Waals surface area contributed by atoms with Crippen LogP contribution in [0.15, 0.2) is 12.1 Å². The molecule has 1 aromatic heterocycles. The van der Waals surface area contributed by atoms with Crippen LogP contribution < -0.4 is 14.8 Å². The van der Waals surface area contributed by atoms with E-state index in [-0.39, 0.29) is 12.2 Å². The molecule has 0 radical (unpaired) electrons. The quantitative estimate of drug-likeness (QED) is 0.805. The second-order valence-electron chi connectivity index (χ2n) is 5.55. The molecule has 0 atom stereocenters. The van der Waals surface area contributed by atoms with Crippen LogP contribution in [0.3, 0.4) is 0 Å². The van der Waals surface area contributed by atoms with Crippen LogP contribution in [0, 0.1) is 0 Å².